The van der Waals surface area contributed by atoms with Crippen LogP contribution in [0.25, 0.3) is 12.2 Å². The summed E-state index contributed by atoms with van der Waals surface area (Å²) in [4.78, 5) is 34.9. The van der Waals surface area contributed by atoms with Crippen LogP contribution in [0.3, 0.4) is 0 Å². The largest absolute Gasteiger partial charge is 0.442 e. The zero-order valence-corrected chi connectivity index (χ0v) is 18.5. The van der Waals surface area contributed by atoms with Gasteiger partial charge < -0.3 is 14.6 Å². The van der Waals surface area contributed by atoms with Gasteiger partial charge in [-0.3, -0.25) is 10.1 Å². The summed E-state index contributed by atoms with van der Waals surface area (Å²) in [5.74, 6) is 1.33. The molecule has 0 atom stereocenters. The SMILES string of the molecule is CCCCc1cnc(/C=C/c2cnc(NC(=O)Nc3ccc(C(=O)N(C)C)cc3)s2)o1. The summed E-state index contributed by atoms with van der Waals surface area (Å²) in [6.45, 7) is 2.14. The minimum atomic E-state index is -0.412. The minimum absolute atomic E-state index is 0.0960. The Morgan fingerprint density at radius 2 is 1.87 bits per heavy atom. The highest BCUT2D eigenvalue weighted by atomic mass is 32.1. The second kappa shape index (κ2) is 10.5. The van der Waals surface area contributed by atoms with Gasteiger partial charge in [0.25, 0.3) is 5.91 Å². The zero-order chi connectivity index (χ0) is 22.2. The number of anilines is 2. The molecule has 0 spiro atoms. The van der Waals surface area contributed by atoms with Crippen molar-refractivity contribution < 1.29 is 14.0 Å². The summed E-state index contributed by atoms with van der Waals surface area (Å²) in [5, 5.41) is 5.89. The van der Waals surface area contributed by atoms with Gasteiger partial charge in [0.15, 0.2) is 5.13 Å². The molecule has 8 nitrogen and oxygen atoms in total. The van der Waals surface area contributed by atoms with Crippen LogP contribution in [0.1, 0.15) is 46.7 Å². The molecule has 0 aliphatic carbocycles. The first-order valence-electron chi connectivity index (χ1n) is 9.93. The molecule has 2 aromatic heterocycles. The number of rotatable bonds is 8. The van der Waals surface area contributed by atoms with Gasteiger partial charge in [-0.2, -0.15) is 0 Å². The molecular weight excluding hydrogens is 414 g/mol. The first-order valence-corrected chi connectivity index (χ1v) is 10.7. The number of thiazole rings is 1. The van der Waals surface area contributed by atoms with E-state index in [1.54, 1.807) is 56.8 Å². The Hall–Kier alpha value is -3.46. The Kier molecular flexibility index (Phi) is 7.55. The number of benzene rings is 1. The molecule has 162 valence electrons. The van der Waals surface area contributed by atoms with Gasteiger partial charge in [0.1, 0.15) is 5.76 Å². The number of oxazole rings is 1. The molecule has 0 aliphatic rings. The van der Waals surface area contributed by atoms with Crippen LogP contribution in [0.4, 0.5) is 15.6 Å². The molecule has 2 N–H and O–H groups in total. The van der Waals surface area contributed by atoms with Crippen molar-refractivity contribution in [3.63, 3.8) is 0 Å². The molecule has 2 heterocycles. The van der Waals surface area contributed by atoms with Gasteiger partial charge in [0.05, 0.1) is 6.20 Å². The van der Waals surface area contributed by atoms with E-state index in [2.05, 4.69) is 27.5 Å². The first-order chi connectivity index (χ1) is 14.9. The Bertz CT molecular complexity index is 1050. The molecule has 0 bridgehead atoms. The molecule has 0 radical (unpaired) electrons. The van der Waals surface area contributed by atoms with Crippen LogP contribution < -0.4 is 10.6 Å². The number of urea groups is 1. The predicted molar refractivity (Wildman–Crippen MR) is 123 cm³/mol. The van der Waals surface area contributed by atoms with E-state index in [0.717, 1.165) is 29.9 Å². The van der Waals surface area contributed by atoms with Crippen molar-refractivity contribution in [2.45, 2.75) is 26.2 Å². The quantitative estimate of drug-likeness (QED) is 0.515. The average molecular weight is 440 g/mol. The molecule has 3 rings (SSSR count). The van der Waals surface area contributed by atoms with E-state index in [4.69, 9.17) is 4.42 Å². The molecule has 0 unspecified atom stereocenters. The van der Waals surface area contributed by atoms with E-state index in [0.29, 0.717) is 22.3 Å². The monoisotopic (exact) mass is 439 g/mol. The van der Waals surface area contributed by atoms with E-state index in [-0.39, 0.29) is 5.91 Å². The summed E-state index contributed by atoms with van der Waals surface area (Å²) in [6.07, 6.45) is 10.1. The second-order valence-electron chi connectivity index (χ2n) is 7.03. The molecule has 9 heteroatoms. The maximum Gasteiger partial charge on any atom is 0.325 e. The number of carbonyl (C=O) groups excluding carboxylic acids is 2. The number of carbonyl (C=O) groups is 2. The number of aromatic nitrogens is 2. The topological polar surface area (TPSA) is 100 Å². The number of aryl methyl sites for hydroxylation is 1. The van der Waals surface area contributed by atoms with Crippen LogP contribution >= 0.6 is 11.3 Å². The maximum absolute atomic E-state index is 12.2. The molecular formula is C22H25N5O3S. The van der Waals surface area contributed by atoms with Crippen LogP contribution in [0.5, 0.6) is 0 Å². The van der Waals surface area contributed by atoms with Crippen molar-refractivity contribution in [3.05, 3.63) is 58.8 Å². The van der Waals surface area contributed by atoms with Gasteiger partial charge in [-0.05, 0) is 36.8 Å². The summed E-state index contributed by atoms with van der Waals surface area (Å²) in [6, 6.07) is 6.28. The minimum Gasteiger partial charge on any atom is -0.442 e. The number of hydrogen-bond acceptors (Lipinski definition) is 6. The lowest BCUT2D eigenvalue weighted by atomic mass is 10.2. The fourth-order valence-electron chi connectivity index (χ4n) is 2.65. The summed E-state index contributed by atoms with van der Waals surface area (Å²) >= 11 is 1.33. The third-order valence-electron chi connectivity index (χ3n) is 4.28. The van der Waals surface area contributed by atoms with E-state index in [1.807, 2.05) is 6.08 Å². The van der Waals surface area contributed by atoms with Crippen molar-refractivity contribution in [1.29, 1.82) is 0 Å². The highest BCUT2D eigenvalue weighted by molar-refractivity contribution is 7.16. The van der Waals surface area contributed by atoms with Gasteiger partial charge in [0, 0.05) is 48.9 Å². The predicted octanol–water partition coefficient (Wildman–Crippen LogP) is 4.99. The van der Waals surface area contributed by atoms with Crippen molar-refractivity contribution in [3.8, 4) is 0 Å². The third-order valence-corrected chi connectivity index (χ3v) is 5.16. The molecule has 0 saturated carbocycles. The molecule has 1 aromatic carbocycles. The Labute approximate surface area is 185 Å². The van der Waals surface area contributed by atoms with Crippen molar-refractivity contribution in [1.82, 2.24) is 14.9 Å². The van der Waals surface area contributed by atoms with Crippen molar-refractivity contribution in [2.75, 3.05) is 24.7 Å². The Balaban J connectivity index is 1.52. The highest BCUT2D eigenvalue weighted by Crippen LogP contribution is 2.21. The number of hydrogen-bond donors (Lipinski definition) is 2. The fraction of sp³-hybridized carbons (Fsp3) is 0.273. The van der Waals surface area contributed by atoms with Gasteiger partial charge in [-0.1, -0.05) is 24.7 Å². The zero-order valence-electron chi connectivity index (χ0n) is 17.7. The van der Waals surface area contributed by atoms with Gasteiger partial charge in [-0.25, -0.2) is 14.8 Å². The van der Waals surface area contributed by atoms with Crippen LogP contribution in [-0.2, 0) is 6.42 Å². The number of nitrogens with zero attached hydrogens (tertiary/aromatic N) is 3. The van der Waals surface area contributed by atoms with Gasteiger partial charge in [0.2, 0.25) is 5.89 Å². The number of unbranched alkanes of at least 4 members (excludes halogenated alkanes) is 1. The molecule has 31 heavy (non-hydrogen) atoms. The van der Waals surface area contributed by atoms with Gasteiger partial charge >= 0.3 is 6.03 Å². The highest BCUT2D eigenvalue weighted by Gasteiger charge is 2.09. The molecule has 0 saturated heterocycles. The van der Waals surface area contributed by atoms with Crippen molar-refractivity contribution in [2.24, 2.45) is 0 Å². The van der Waals surface area contributed by atoms with Crippen LogP contribution in [0, 0.1) is 0 Å². The van der Waals surface area contributed by atoms with E-state index in [1.165, 1.54) is 16.2 Å². The molecule has 3 amide bonds. The standard InChI is InChI=1S/C22H25N5O3S/c1-4-5-6-17-13-23-19(30-17)12-11-18-14-24-22(31-18)26-21(29)25-16-9-7-15(8-10-16)20(28)27(2)3/h7-14H,4-6H2,1-3H3,(H2,24,25,26,29)/b12-11+. The normalized spacial score (nSPS) is 10.9. The number of nitrogens with one attached hydrogen (secondary N) is 2. The smallest absolute Gasteiger partial charge is 0.325 e. The molecule has 3 aromatic rings. The molecule has 0 aliphatic heterocycles. The van der Waals surface area contributed by atoms with Crippen molar-refractivity contribution >= 4 is 46.2 Å². The van der Waals surface area contributed by atoms with E-state index in [9.17, 15) is 9.59 Å². The molecule has 0 fully saturated rings. The second-order valence-corrected chi connectivity index (χ2v) is 8.09. The van der Waals surface area contributed by atoms with E-state index < -0.39 is 6.03 Å². The first kappa shape index (κ1) is 22.2. The Morgan fingerprint density at radius 1 is 1.10 bits per heavy atom. The van der Waals surface area contributed by atoms with Crippen LogP contribution in [0.2, 0.25) is 0 Å². The maximum atomic E-state index is 12.2. The van der Waals surface area contributed by atoms with E-state index >= 15 is 0 Å². The third kappa shape index (κ3) is 6.51. The lowest BCUT2D eigenvalue weighted by Crippen LogP contribution is -2.22. The summed E-state index contributed by atoms with van der Waals surface area (Å²) in [7, 11) is 3.38. The lowest BCUT2D eigenvalue weighted by molar-refractivity contribution is 0.0827. The number of amides is 3. The average Bonchev–Trinajstić information content (AvgIpc) is 3.39. The summed E-state index contributed by atoms with van der Waals surface area (Å²) in [5.41, 5.74) is 1.13. The van der Waals surface area contributed by atoms with Crippen LogP contribution in [-0.4, -0.2) is 40.9 Å². The van der Waals surface area contributed by atoms with Gasteiger partial charge in [-0.15, -0.1) is 0 Å². The lowest BCUT2D eigenvalue weighted by Gasteiger charge is -2.11. The fourth-order valence-corrected chi connectivity index (χ4v) is 3.37. The summed E-state index contributed by atoms with van der Waals surface area (Å²) < 4.78 is 5.66. The van der Waals surface area contributed by atoms with Crippen LogP contribution in [0.15, 0.2) is 41.1 Å². The Morgan fingerprint density at radius 3 is 2.58 bits per heavy atom.